The van der Waals surface area contributed by atoms with Gasteiger partial charge in [0.2, 0.25) is 5.95 Å². The van der Waals surface area contributed by atoms with Crippen LogP contribution < -0.4 is 26.8 Å². The second-order valence-corrected chi connectivity index (χ2v) is 9.13. The first-order chi connectivity index (χ1) is 15.2. The molecule has 2 aromatic carbocycles. The molecular weight excluding hydrogens is 426 g/mol. The molecule has 0 saturated heterocycles. The Bertz CT molecular complexity index is 1290. The van der Waals surface area contributed by atoms with Crippen LogP contribution in [0.25, 0.3) is 11.3 Å². The molecule has 3 N–H and O–H groups in total. The summed E-state index contributed by atoms with van der Waals surface area (Å²) in [6.45, 7) is 8.16. The minimum atomic E-state index is -0.561. The first-order valence-corrected chi connectivity index (χ1v) is 10.9. The molecule has 9 nitrogen and oxygen atoms in total. The normalized spacial score (nSPS) is 12.5. The molecule has 2 heterocycles. The van der Waals surface area contributed by atoms with Gasteiger partial charge in [0.15, 0.2) is 0 Å². The number of anilines is 5. The Hall–Kier alpha value is -3.66. The Morgan fingerprint density at radius 2 is 1.69 bits per heavy atom. The average Bonchev–Trinajstić information content (AvgIpc) is 3.31. The molecule has 10 heteroatoms. The molecule has 1 atom stereocenters. The molecule has 4 rings (SSSR count). The number of rotatable bonds is 7. The number of aromatic nitrogens is 4. The van der Waals surface area contributed by atoms with Gasteiger partial charge in [-0.1, -0.05) is 37.4 Å². The molecule has 0 aliphatic rings. The summed E-state index contributed by atoms with van der Waals surface area (Å²) < 4.78 is 3.87. The van der Waals surface area contributed by atoms with Gasteiger partial charge in [0.05, 0.1) is 0 Å². The summed E-state index contributed by atoms with van der Waals surface area (Å²) >= 11 is 1.30. The van der Waals surface area contributed by atoms with E-state index in [9.17, 15) is 9.59 Å². The number of hydrogen-bond donors (Lipinski definition) is 3. The molecular formula is C22H23N7O2S. The molecule has 0 amide bonds. The zero-order valence-electron chi connectivity index (χ0n) is 18.1. The van der Waals surface area contributed by atoms with Gasteiger partial charge < -0.3 is 16.0 Å². The molecule has 0 bridgehead atoms. The highest BCUT2D eigenvalue weighted by Crippen LogP contribution is 2.27. The predicted molar refractivity (Wildman–Crippen MR) is 128 cm³/mol. The van der Waals surface area contributed by atoms with Crippen LogP contribution in [0.4, 0.5) is 28.8 Å². The summed E-state index contributed by atoms with van der Waals surface area (Å²) in [5, 5.41) is 15.2. The van der Waals surface area contributed by atoms with Gasteiger partial charge in [-0.3, -0.25) is 9.59 Å². The molecule has 164 valence electrons. The average molecular weight is 450 g/mol. The fourth-order valence-corrected chi connectivity index (χ4v) is 3.31. The smallest absolute Gasteiger partial charge is 0.253 e. The van der Waals surface area contributed by atoms with Crippen LogP contribution in [-0.2, 0) is 0 Å². The summed E-state index contributed by atoms with van der Waals surface area (Å²) in [6, 6.07) is 9.28. The first-order valence-electron chi connectivity index (χ1n) is 10.1. The molecule has 0 aliphatic carbocycles. The zero-order valence-corrected chi connectivity index (χ0v) is 18.9. The van der Waals surface area contributed by atoms with Crippen LogP contribution in [0.1, 0.15) is 27.7 Å². The van der Waals surface area contributed by atoms with Crippen LogP contribution in [0.2, 0.25) is 0 Å². The lowest BCUT2D eigenvalue weighted by molar-refractivity contribution is 0.359. The second-order valence-electron chi connectivity index (χ2n) is 8.52. The number of hydrogen-bond acceptors (Lipinski definition) is 10. The molecule has 0 fully saturated rings. The van der Waals surface area contributed by atoms with E-state index in [1.807, 2.05) is 36.6 Å². The zero-order chi connectivity index (χ0) is 22.9. The van der Waals surface area contributed by atoms with E-state index >= 15 is 0 Å². The lowest BCUT2D eigenvalue weighted by Crippen LogP contribution is -2.41. The minimum Gasteiger partial charge on any atom is -0.377 e. The van der Waals surface area contributed by atoms with E-state index in [2.05, 4.69) is 56.3 Å². The number of nitrogens with zero attached hydrogens (tertiary/aromatic N) is 4. The first kappa shape index (κ1) is 21.6. The quantitative estimate of drug-likeness (QED) is 0.360. The minimum absolute atomic E-state index is 0.00277. The van der Waals surface area contributed by atoms with Gasteiger partial charge in [-0.05, 0) is 42.1 Å². The van der Waals surface area contributed by atoms with Gasteiger partial charge in [-0.2, -0.15) is 4.98 Å². The lowest BCUT2D eigenvalue weighted by Gasteiger charge is -2.30. The van der Waals surface area contributed by atoms with Gasteiger partial charge in [-0.15, -0.1) is 5.10 Å². The van der Waals surface area contributed by atoms with Crippen molar-refractivity contribution in [1.82, 2.24) is 19.6 Å². The maximum Gasteiger partial charge on any atom is 0.253 e. The Balaban J connectivity index is 1.48. The van der Waals surface area contributed by atoms with E-state index in [1.165, 1.54) is 11.5 Å². The number of nitrogens with one attached hydrogen (secondary N) is 3. The molecule has 0 unspecified atom stereocenters. The van der Waals surface area contributed by atoms with Crippen LogP contribution in [0.15, 0.2) is 51.5 Å². The Morgan fingerprint density at radius 1 is 0.969 bits per heavy atom. The topological polar surface area (TPSA) is 122 Å². The van der Waals surface area contributed by atoms with E-state index < -0.39 is 10.9 Å². The van der Waals surface area contributed by atoms with Gasteiger partial charge in [-0.25, -0.2) is 4.98 Å². The van der Waals surface area contributed by atoms with E-state index in [0.717, 1.165) is 16.9 Å². The predicted octanol–water partition coefficient (Wildman–Crippen LogP) is 3.92. The van der Waals surface area contributed by atoms with E-state index in [0.29, 0.717) is 11.8 Å². The maximum atomic E-state index is 12.1. The second kappa shape index (κ2) is 8.46. The summed E-state index contributed by atoms with van der Waals surface area (Å²) in [5.41, 5.74) is 1.93. The van der Waals surface area contributed by atoms with Crippen molar-refractivity contribution in [2.24, 2.45) is 5.41 Å². The van der Waals surface area contributed by atoms with Gasteiger partial charge >= 0.3 is 0 Å². The van der Waals surface area contributed by atoms with Crippen LogP contribution in [0, 0.1) is 5.41 Å². The van der Waals surface area contributed by atoms with Gasteiger partial charge in [0.25, 0.3) is 10.9 Å². The molecule has 4 aromatic rings. The van der Waals surface area contributed by atoms with Crippen molar-refractivity contribution in [3.8, 4) is 11.3 Å². The summed E-state index contributed by atoms with van der Waals surface area (Å²) in [6.07, 6.45) is 1.57. The van der Waals surface area contributed by atoms with Crippen molar-refractivity contribution < 1.29 is 0 Å². The maximum absolute atomic E-state index is 12.1. The highest BCUT2D eigenvalue weighted by molar-refractivity contribution is 7.03. The van der Waals surface area contributed by atoms with Crippen LogP contribution in [0.3, 0.4) is 0 Å². The molecule has 32 heavy (non-hydrogen) atoms. The standard InChI is InChI=1S/C22H23N7O2S/c1-12(22(2,3)4)24-17-18(20(31)19(17)30)26-16-9-10-23-21(27-16)25-14-7-5-13(6-8-14)15-11-32-29-28-15/h5-12,24H,1-4H3,(H2,23,25,26,27)/t12-/m1/s1. The molecule has 0 spiro atoms. The van der Waals surface area contributed by atoms with Crippen molar-refractivity contribution in [2.75, 3.05) is 16.0 Å². The Labute approximate surface area is 188 Å². The van der Waals surface area contributed by atoms with E-state index in [-0.39, 0.29) is 22.8 Å². The van der Waals surface area contributed by atoms with E-state index in [1.54, 1.807) is 12.3 Å². The Morgan fingerprint density at radius 3 is 2.34 bits per heavy atom. The van der Waals surface area contributed by atoms with Gasteiger partial charge in [0.1, 0.15) is 22.9 Å². The Kier molecular flexibility index (Phi) is 5.70. The third-order valence-corrected chi connectivity index (χ3v) is 5.78. The molecule has 0 radical (unpaired) electrons. The van der Waals surface area contributed by atoms with Crippen LogP contribution >= 0.6 is 11.5 Å². The monoisotopic (exact) mass is 449 g/mol. The lowest BCUT2D eigenvalue weighted by atomic mass is 9.87. The highest BCUT2D eigenvalue weighted by atomic mass is 32.1. The van der Waals surface area contributed by atoms with E-state index in [4.69, 9.17) is 0 Å². The SMILES string of the molecule is C[C@@H](Nc1c(Nc2ccnc(Nc3ccc(-c4csnn4)cc3)n2)c(=O)c1=O)C(C)(C)C. The third kappa shape index (κ3) is 4.50. The third-order valence-electron chi connectivity index (χ3n) is 5.28. The van der Waals surface area contributed by atoms with Gasteiger partial charge in [0, 0.05) is 28.9 Å². The highest BCUT2D eigenvalue weighted by Gasteiger charge is 2.27. The van der Waals surface area contributed by atoms with Crippen LogP contribution in [-0.4, -0.2) is 25.6 Å². The number of benzene rings is 1. The van der Waals surface area contributed by atoms with Crippen molar-refractivity contribution in [3.63, 3.8) is 0 Å². The fourth-order valence-electron chi connectivity index (χ4n) is 2.84. The summed E-state index contributed by atoms with van der Waals surface area (Å²) in [4.78, 5) is 32.8. The molecule has 0 saturated carbocycles. The van der Waals surface area contributed by atoms with Crippen molar-refractivity contribution >= 4 is 40.4 Å². The van der Waals surface area contributed by atoms with Crippen LogP contribution in [0.5, 0.6) is 0 Å². The van der Waals surface area contributed by atoms with Crippen molar-refractivity contribution in [1.29, 1.82) is 0 Å². The summed E-state index contributed by atoms with van der Waals surface area (Å²) in [5.74, 6) is 0.764. The molecule has 0 aliphatic heterocycles. The fraction of sp³-hybridized carbons (Fsp3) is 0.273. The summed E-state index contributed by atoms with van der Waals surface area (Å²) in [7, 11) is 0. The largest absolute Gasteiger partial charge is 0.377 e. The van der Waals surface area contributed by atoms with Crippen molar-refractivity contribution in [3.05, 3.63) is 62.4 Å². The van der Waals surface area contributed by atoms with Crippen molar-refractivity contribution in [2.45, 2.75) is 33.7 Å². The molecule has 2 aromatic heterocycles.